The van der Waals surface area contributed by atoms with Crippen LogP contribution in [-0.2, 0) is 4.79 Å². The van der Waals surface area contributed by atoms with Crippen LogP contribution in [0.5, 0.6) is 5.75 Å². The molecule has 0 aliphatic rings. The van der Waals surface area contributed by atoms with Crippen molar-refractivity contribution >= 4 is 18.3 Å². The monoisotopic (exact) mass is 314 g/mol. The number of carbonyl (C=O) groups excluding carboxylic acids is 1. The van der Waals surface area contributed by atoms with E-state index in [9.17, 15) is 4.79 Å². The number of ether oxygens (including phenoxy) is 1. The molecule has 1 rings (SSSR count). The maximum Gasteiger partial charge on any atom is 0.239 e. The molecule has 0 saturated heterocycles. The molecule has 0 bridgehead atoms. The van der Waals surface area contributed by atoms with Crippen molar-refractivity contribution in [2.45, 2.75) is 52.2 Å². The molecule has 0 aliphatic heterocycles. The van der Waals surface area contributed by atoms with Crippen LogP contribution in [0.25, 0.3) is 0 Å². The van der Waals surface area contributed by atoms with Gasteiger partial charge in [-0.1, -0.05) is 25.5 Å². The van der Waals surface area contributed by atoms with Gasteiger partial charge in [0, 0.05) is 0 Å². The number of nitrogens with one attached hydrogen (secondary N) is 1. The predicted molar refractivity (Wildman–Crippen MR) is 89.0 cm³/mol. The van der Waals surface area contributed by atoms with Crippen molar-refractivity contribution in [3.8, 4) is 5.75 Å². The highest BCUT2D eigenvalue weighted by Crippen LogP contribution is 2.14. The lowest BCUT2D eigenvalue weighted by Gasteiger charge is -2.24. The molecule has 0 spiro atoms. The third-order valence-electron chi connectivity index (χ3n) is 3.16. The van der Waals surface area contributed by atoms with Crippen LogP contribution in [0.1, 0.15) is 39.2 Å². The van der Waals surface area contributed by atoms with Gasteiger partial charge in [0.15, 0.2) is 0 Å². The second kappa shape index (κ2) is 8.90. The molecule has 2 unspecified atom stereocenters. The van der Waals surface area contributed by atoms with Gasteiger partial charge in [-0.05, 0) is 44.9 Å². The van der Waals surface area contributed by atoms with E-state index in [4.69, 9.17) is 10.5 Å². The number of hydrogen-bond donors (Lipinski definition) is 2. The first-order valence-corrected chi connectivity index (χ1v) is 7.15. The predicted octanol–water partition coefficient (Wildman–Crippen LogP) is 2.82. The summed E-state index contributed by atoms with van der Waals surface area (Å²) in [5.41, 5.74) is 6.32. The van der Waals surface area contributed by atoms with Crippen LogP contribution < -0.4 is 15.8 Å². The van der Waals surface area contributed by atoms with Gasteiger partial charge < -0.3 is 15.8 Å². The summed E-state index contributed by atoms with van der Waals surface area (Å²) in [6.07, 6.45) is 1.46. The number of aryl methyl sites for hydroxylation is 1. The van der Waals surface area contributed by atoms with Crippen molar-refractivity contribution in [2.24, 2.45) is 5.73 Å². The van der Waals surface area contributed by atoms with Crippen molar-refractivity contribution in [1.29, 1.82) is 0 Å². The largest absolute Gasteiger partial charge is 0.489 e. The van der Waals surface area contributed by atoms with Gasteiger partial charge in [0.2, 0.25) is 5.91 Å². The Kier molecular flexibility index (Phi) is 8.37. The summed E-state index contributed by atoms with van der Waals surface area (Å²) in [5, 5.41) is 2.85. The first-order chi connectivity index (χ1) is 9.35. The third-order valence-corrected chi connectivity index (χ3v) is 3.16. The molecule has 1 amide bonds. The lowest BCUT2D eigenvalue weighted by atomic mass is 9.96. The van der Waals surface area contributed by atoms with Gasteiger partial charge in [-0.15, -0.1) is 12.4 Å². The summed E-state index contributed by atoms with van der Waals surface area (Å²) in [6.45, 7) is 8.17. The molecule has 1 aromatic rings. The number of benzene rings is 1. The van der Waals surface area contributed by atoms with Crippen LogP contribution in [0.3, 0.4) is 0 Å². The van der Waals surface area contributed by atoms with E-state index in [0.717, 1.165) is 17.7 Å². The molecular weight excluding hydrogens is 288 g/mol. The first kappa shape index (κ1) is 19.7. The second-order valence-corrected chi connectivity index (χ2v) is 5.62. The maximum atomic E-state index is 12.0. The molecule has 0 saturated carbocycles. The van der Waals surface area contributed by atoms with E-state index < -0.39 is 5.54 Å². The highest BCUT2D eigenvalue weighted by Gasteiger charge is 2.27. The Bertz CT molecular complexity index is 450. The highest BCUT2D eigenvalue weighted by molar-refractivity contribution is 5.85. The lowest BCUT2D eigenvalue weighted by Crippen LogP contribution is -2.53. The van der Waals surface area contributed by atoms with Crippen LogP contribution in [-0.4, -0.2) is 24.1 Å². The van der Waals surface area contributed by atoms with Crippen molar-refractivity contribution in [2.75, 3.05) is 6.54 Å². The fraction of sp³-hybridized carbons (Fsp3) is 0.562. The number of hydrogen-bond acceptors (Lipinski definition) is 3. The molecule has 0 fully saturated rings. The second-order valence-electron chi connectivity index (χ2n) is 5.62. The molecule has 1 aromatic carbocycles. The van der Waals surface area contributed by atoms with Gasteiger partial charge in [0.05, 0.1) is 12.1 Å². The average molecular weight is 315 g/mol. The van der Waals surface area contributed by atoms with Crippen molar-refractivity contribution < 1.29 is 9.53 Å². The summed E-state index contributed by atoms with van der Waals surface area (Å²) in [7, 11) is 0. The van der Waals surface area contributed by atoms with Gasteiger partial charge in [-0.2, -0.15) is 0 Å². The van der Waals surface area contributed by atoms with Gasteiger partial charge in [0.25, 0.3) is 0 Å². The lowest BCUT2D eigenvalue weighted by molar-refractivity contribution is -0.126. The number of carbonyl (C=O) groups is 1. The van der Waals surface area contributed by atoms with E-state index in [2.05, 4.69) is 5.32 Å². The molecular formula is C16H27ClN2O2. The molecule has 5 heteroatoms. The molecule has 0 radical (unpaired) electrons. The highest BCUT2D eigenvalue weighted by atomic mass is 35.5. The Morgan fingerprint density at radius 3 is 2.71 bits per heavy atom. The van der Waals surface area contributed by atoms with Crippen LogP contribution in [0.15, 0.2) is 24.3 Å². The van der Waals surface area contributed by atoms with Crippen LogP contribution in [0.4, 0.5) is 0 Å². The Balaban J connectivity index is 0.00000400. The van der Waals surface area contributed by atoms with Gasteiger partial charge in [0.1, 0.15) is 11.9 Å². The normalized spacial score (nSPS) is 14.5. The van der Waals surface area contributed by atoms with Crippen molar-refractivity contribution in [3.63, 3.8) is 0 Å². The first-order valence-electron chi connectivity index (χ1n) is 7.15. The van der Waals surface area contributed by atoms with E-state index in [-0.39, 0.29) is 24.4 Å². The summed E-state index contributed by atoms with van der Waals surface area (Å²) >= 11 is 0. The Morgan fingerprint density at radius 1 is 1.48 bits per heavy atom. The summed E-state index contributed by atoms with van der Waals surface area (Å²) in [5.74, 6) is 0.690. The molecule has 4 nitrogen and oxygen atoms in total. The van der Waals surface area contributed by atoms with Gasteiger partial charge in [-0.3, -0.25) is 4.79 Å². The minimum absolute atomic E-state index is 0. The van der Waals surface area contributed by atoms with E-state index in [0.29, 0.717) is 13.0 Å². The topological polar surface area (TPSA) is 64.4 Å². The number of nitrogens with two attached hydrogens (primary N) is 1. The molecule has 2 atom stereocenters. The van der Waals surface area contributed by atoms with E-state index in [1.165, 1.54) is 0 Å². The average Bonchev–Trinajstić information content (AvgIpc) is 2.35. The number of amides is 1. The Hall–Kier alpha value is -1.26. The van der Waals surface area contributed by atoms with E-state index in [1.807, 2.05) is 45.0 Å². The maximum absolute atomic E-state index is 12.0. The smallest absolute Gasteiger partial charge is 0.239 e. The zero-order valence-electron chi connectivity index (χ0n) is 13.3. The molecule has 3 N–H and O–H groups in total. The number of rotatable bonds is 7. The van der Waals surface area contributed by atoms with Gasteiger partial charge >= 0.3 is 0 Å². The van der Waals surface area contributed by atoms with Crippen LogP contribution in [0, 0.1) is 6.92 Å². The SMILES string of the molecule is CCCC(C)(N)C(=O)NCC(C)Oc1cccc(C)c1.Cl. The molecule has 120 valence electrons. The Morgan fingerprint density at radius 2 is 2.14 bits per heavy atom. The number of halogens is 1. The fourth-order valence-corrected chi connectivity index (χ4v) is 2.03. The zero-order valence-corrected chi connectivity index (χ0v) is 14.1. The third kappa shape index (κ3) is 6.82. The molecule has 0 aliphatic carbocycles. The minimum Gasteiger partial charge on any atom is -0.489 e. The Labute approximate surface area is 133 Å². The van der Waals surface area contributed by atoms with Crippen molar-refractivity contribution in [1.82, 2.24) is 5.32 Å². The van der Waals surface area contributed by atoms with Crippen molar-refractivity contribution in [3.05, 3.63) is 29.8 Å². The van der Waals surface area contributed by atoms with E-state index >= 15 is 0 Å². The quantitative estimate of drug-likeness (QED) is 0.813. The van der Waals surface area contributed by atoms with Crippen LogP contribution >= 0.6 is 12.4 Å². The van der Waals surface area contributed by atoms with Crippen LogP contribution in [0.2, 0.25) is 0 Å². The molecule has 0 heterocycles. The molecule has 0 aromatic heterocycles. The fourth-order valence-electron chi connectivity index (χ4n) is 2.03. The summed E-state index contributed by atoms with van der Waals surface area (Å²) < 4.78 is 5.76. The summed E-state index contributed by atoms with van der Waals surface area (Å²) in [4.78, 5) is 12.0. The minimum atomic E-state index is -0.808. The van der Waals surface area contributed by atoms with Gasteiger partial charge in [-0.25, -0.2) is 0 Å². The summed E-state index contributed by atoms with van der Waals surface area (Å²) in [6, 6.07) is 7.86. The zero-order chi connectivity index (χ0) is 15.2. The van der Waals surface area contributed by atoms with E-state index in [1.54, 1.807) is 6.92 Å². The standard InChI is InChI=1S/C16H26N2O2.ClH/c1-5-9-16(4,17)15(19)18-11-13(3)20-14-8-6-7-12(2)10-14;/h6-8,10,13H,5,9,11,17H2,1-4H3,(H,18,19);1H. The molecule has 21 heavy (non-hydrogen) atoms.